The van der Waals surface area contributed by atoms with E-state index in [1.807, 2.05) is 54.6 Å². The molecule has 0 amide bonds. The molecule has 0 saturated carbocycles. The van der Waals surface area contributed by atoms with Gasteiger partial charge in [-0.2, -0.15) is 0 Å². The third-order valence-electron chi connectivity index (χ3n) is 4.57. The van der Waals surface area contributed by atoms with Crippen molar-refractivity contribution >= 4 is 48.2 Å². The van der Waals surface area contributed by atoms with Gasteiger partial charge in [-0.25, -0.2) is 0 Å². The molecule has 0 heterocycles. The molecule has 0 N–H and O–H groups in total. The van der Waals surface area contributed by atoms with Crippen molar-refractivity contribution in [3.63, 3.8) is 0 Å². The molecule has 0 radical (unpaired) electrons. The summed E-state index contributed by atoms with van der Waals surface area (Å²) in [5, 5.41) is 5.66. The zero-order chi connectivity index (χ0) is 21.2. The standard InChI is InChI=1S/C24H15Br/c25-24-20-13-7-6-12-19(20)23(16-8-2-1-3-9-16)21-14-17-10-4-5-11-18(17)15-22(21)24/h1-15H/i1D,2D,3D,8D,9D. The Kier molecular flexibility index (Phi) is 2.37. The van der Waals surface area contributed by atoms with Gasteiger partial charge in [0.15, 0.2) is 0 Å². The second-order valence-electron chi connectivity index (χ2n) is 5.98. The first-order chi connectivity index (χ1) is 14.4. The van der Waals surface area contributed by atoms with E-state index in [1.165, 1.54) is 0 Å². The van der Waals surface area contributed by atoms with E-state index < -0.39 is 0 Å². The summed E-state index contributed by atoms with van der Waals surface area (Å²) in [7, 11) is 0. The molecule has 0 spiro atoms. The number of rotatable bonds is 1. The van der Waals surface area contributed by atoms with Crippen molar-refractivity contribution in [3.05, 3.63) is 95.3 Å². The second kappa shape index (κ2) is 5.72. The minimum atomic E-state index is -0.384. The number of hydrogen-bond donors (Lipinski definition) is 0. The first-order valence-corrected chi connectivity index (χ1v) is 8.79. The summed E-state index contributed by atoms with van der Waals surface area (Å²) in [5.41, 5.74) is 0.886. The van der Waals surface area contributed by atoms with Crippen molar-refractivity contribution in [1.82, 2.24) is 0 Å². The van der Waals surface area contributed by atoms with E-state index >= 15 is 0 Å². The molecule has 0 unspecified atom stereocenters. The van der Waals surface area contributed by atoms with Crippen LogP contribution < -0.4 is 0 Å². The van der Waals surface area contributed by atoms with Gasteiger partial charge in [-0.3, -0.25) is 0 Å². The Balaban J connectivity index is 2.09. The number of halogens is 1. The Labute approximate surface area is 161 Å². The minimum Gasteiger partial charge on any atom is -0.0622 e. The number of hydrogen-bond acceptors (Lipinski definition) is 0. The lowest BCUT2D eigenvalue weighted by atomic mass is 9.90. The van der Waals surface area contributed by atoms with Gasteiger partial charge in [-0.1, -0.05) is 78.7 Å². The van der Waals surface area contributed by atoms with E-state index in [2.05, 4.69) is 22.0 Å². The van der Waals surface area contributed by atoms with Crippen LogP contribution in [0.4, 0.5) is 0 Å². The predicted octanol–water partition coefficient (Wildman–Crippen LogP) is 7.58. The Morgan fingerprint density at radius 3 is 1.96 bits per heavy atom. The molecule has 25 heavy (non-hydrogen) atoms. The largest absolute Gasteiger partial charge is 0.0629 e. The van der Waals surface area contributed by atoms with E-state index in [0.717, 1.165) is 36.8 Å². The first kappa shape index (κ1) is 10.4. The van der Waals surface area contributed by atoms with Gasteiger partial charge in [0, 0.05) is 4.47 Å². The van der Waals surface area contributed by atoms with Crippen LogP contribution in [-0.4, -0.2) is 0 Å². The molecule has 0 aromatic heterocycles. The molecule has 0 atom stereocenters. The monoisotopic (exact) mass is 387 g/mol. The smallest absolute Gasteiger partial charge is 0.0622 e. The SMILES string of the molecule is [2H]c1c([2H])c([2H])c(-c2c3ccccc3c(Br)c3cc4ccccc4cc23)c([2H])c1[2H]. The van der Waals surface area contributed by atoms with Crippen molar-refractivity contribution < 1.29 is 6.85 Å². The van der Waals surface area contributed by atoms with Crippen molar-refractivity contribution in [2.45, 2.75) is 0 Å². The van der Waals surface area contributed by atoms with Gasteiger partial charge < -0.3 is 0 Å². The fraction of sp³-hybridized carbons (Fsp3) is 0. The van der Waals surface area contributed by atoms with Crippen LogP contribution in [0.3, 0.4) is 0 Å². The van der Waals surface area contributed by atoms with Crippen molar-refractivity contribution in [3.8, 4) is 11.1 Å². The molecule has 1 heteroatoms. The molecule has 0 aliphatic carbocycles. The molecule has 0 aliphatic rings. The molecule has 118 valence electrons. The highest BCUT2D eigenvalue weighted by Crippen LogP contribution is 2.42. The summed E-state index contributed by atoms with van der Waals surface area (Å²) in [6, 6.07) is 18.5. The first-order valence-electron chi connectivity index (χ1n) is 10.5. The van der Waals surface area contributed by atoms with Gasteiger partial charge in [0.05, 0.1) is 6.85 Å². The lowest BCUT2D eigenvalue weighted by Gasteiger charge is -2.15. The fourth-order valence-corrected chi connectivity index (χ4v) is 4.13. The summed E-state index contributed by atoms with van der Waals surface area (Å²) in [6.45, 7) is 0. The van der Waals surface area contributed by atoms with Gasteiger partial charge in [0.1, 0.15) is 0 Å². The van der Waals surface area contributed by atoms with Crippen LogP contribution in [0.25, 0.3) is 43.4 Å². The van der Waals surface area contributed by atoms with E-state index in [4.69, 9.17) is 6.85 Å². The Morgan fingerprint density at radius 2 is 1.24 bits per heavy atom. The van der Waals surface area contributed by atoms with Crippen molar-refractivity contribution in [2.24, 2.45) is 0 Å². The molecular formula is C24H15Br. The van der Waals surface area contributed by atoms with Gasteiger partial charge >= 0.3 is 0 Å². The molecule has 0 fully saturated rings. The van der Waals surface area contributed by atoms with Crippen molar-refractivity contribution in [1.29, 1.82) is 0 Å². The van der Waals surface area contributed by atoms with E-state index in [0.29, 0.717) is 5.56 Å². The zero-order valence-electron chi connectivity index (χ0n) is 18.2. The summed E-state index contributed by atoms with van der Waals surface area (Å²) in [4.78, 5) is 0. The minimum absolute atomic E-state index is 0.192. The topological polar surface area (TPSA) is 0 Å². The van der Waals surface area contributed by atoms with Crippen LogP contribution in [-0.2, 0) is 0 Å². The molecule has 5 rings (SSSR count). The number of fused-ring (bicyclic) bond motifs is 3. The van der Waals surface area contributed by atoms with E-state index in [-0.39, 0.29) is 35.8 Å². The predicted molar refractivity (Wildman–Crippen MR) is 112 cm³/mol. The average molecular weight is 388 g/mol. The molecule has 0 saturated heterocycles. The maximum Gasteiger partial charge on any atom is 0.0629 e. The maximum absolute atomic E-state index is 8.56. The van der Waals surface area contributed by atoms with Crippen LogP contribution >= 0.6 is 15.9 Å². The van der Waals surface area contributed by atoms with Gasteiger partial charge in [-0.15, -0.1) is 0 Å². The van der Waals surface area contributed by atoms with Crippen molar-refractivity contribution in [2.75, 3.05) is 0 Å². The maximum atomic E-state index is 8.56. The van der Waals surface area contributed by atoms with E-state index in [1.54, 1.807) is 0 Å². The van der Waals surface area contributed by atoms with E-state index in [9.17, 15) is 0 Å². The fourth-order valence-electron chi connectivity index (χ4n) is 3.46. The Bertz CT molecular complexity index is 1480. The average Bonchev–Trinajstić information content (AvgIpc) is 2.77. The van der Waals surface area contributed by atoms with Gasteiger partial charge in [0.25, 0.3) is 0 Å². The second-order valence-corrected chi connectivity index (χ2v) is 6.77. The van der Waals surface area contributed by atoms with Crippen LogP contribution in [0.2, 0.25) is 0 Å². The lowest BCUT2D eigenvalue weighted by Crippen LogP contribution is -1.88. The third-order valence-corrected chi connectivity index (χ3v) is 5.43. The Morgan fingerprint density at radius 1 is 0.640 bits per heavy atom. The molecule has 5 aromatic rings. The van der Waals surface area contributed by atoms with Crippen LogP contribution in [0.5, 0.6) is 0 Å². The quantitative estimate of drug-likeness (QED) is 0.260. The molecule has 0 bridgehead atoms. The van der Waals surface area contributed by atoms with Crippen LogP contribution in [0.1, 0.15) is 6.85 Å². The zero-order valence-corrected chi connectivity index (χ0v) is 14.7. The third kappa shape index (κ3) is 2.27. The van der Waals surface area contributed by atoms with Gasteiger partial charge in [-0.05, 0) is 71.5 Å². The lowest BCUT2D eigenvalue weighted by molar-refractivity contribution is 1.67. The normalized spacial score (nSPS) is 14.2. The highest BCUT2D eigenvalue weighted by Gasteiger charge is 2.14. The molecule has 0 aliphatic heterocycles. The van der Waals surface area contributed by atoms with Gasteiger partial charge in [0.2, 0.25) is 0 Å². The molecular weight excluding hydrogens is 368 g/mol. The Hall–Kier alpha value is -2.64. The summed E-state index contributed by atoms with van der Waals surface area (Å²) in [5.74, 6) is 0. The molecule has 0 nitrogen and oxygen atoms in total. The molecule has 5 aromatic carbocycles. The number of benzene rings is 5. The highest BCUT2D eigenvalue weighted by molar-refractivity contribution is 9.10. The van der Waals surface area contributed by atoms with Crippen LogP contribution in [0.15, 0.2) is 95.3 Å². The summed E-state index contributed by atoms with van der Waals surface area (Å²) in [6.07, 6.45) is 0. The van der Waals surface area contributed by atoms with Crippen LogP contribution in [0, 0.1) is 0 Å². The highest BCUT2D eigenvalue weighted by atomic mass is 79.9. The summed E-state index contributed by atoms with van der Waals surface area (Å²) < 4.78 is 42.3. The summed E-state index contributed by atoms with van der Waals surface area (Å²) >= 11 is 3.75.